The van der Waals surface area contributed by atoms with Gasteiger partial charge in [0.25, 0.3) is 0 Å². The Hall–Kier alpha value is -2.18. The fourth-order valence-corrected chi connectivity index (χ4v) is 10.0. The minimum atomic E-state index is -0.857. The van der Waals surface area contributed by atoms with Gasteiger partial charge in [0.15, 0.2) is 0 Å². The van der Waals surface area contributed by atoms with Crippen LogP contribution in [-0.2, 0) is 14.3 Å². The van der Waals surface area contributed by atoms with E-state index < -0.39 is 12.1 Å². The minimum absolute atomic E-state index is 0.0166. The summed E-state index contributed by atoms with van der Waals surface area (Å²) in [6.45, 7) is 4.88. The lowest BCUT2D eigenvalue weighted by Crippen LogP contribution is -2.45. The maximum Gasteiger partial charge on any atom is 0.305 e. The molecule has 0 aromatic rings. The molecule has 0 saturated heterocycles. The van der Waals surface area contributed by atoms with Crippen molar-refractivity contribution in [2.75, 3.05) is 13.2 Å². The number of hydrogen-bond acceptors (Lipinski definition) is 5. The molecular formula is C68H127NO5. The van der Waals surface area contributed by atoms with Crippen molar-refractivity contribution in [3.63, 3.8) is 0 Å². The summed E-state index contributed by atoms with van der Waals surface area (Å²) in [7, 11) is 0. The summed E-state index contributed by atoms with van der Waals surface area (Å²) >= 11 is 0. The normalized spacial score (nSPS) is 12.9. The second-order valence-electron chi connectivity index (χ2n) is 22.4. The monoisotopic (exact) mass is 1040 g/mol. The standard InChI is InChI=1S/C68H127NO5/c1-3-5-7-9-11-13-15-17-19-21-23-24-26-28-32-36-40-44-48-52-56-60-66(71)65(64-70)69-67(72)61-57-53-49-45-41-37-33-29-27-31-35-39-43-47-51-55-59-63-74-68(73)62-58-54-50-46-42-38-34-30-25-22-20-18-16-14-12-10-8-6-4-2/h18,20,27,31,39,43,56,60,65-66,70-71H,3-17,19,21-26,28-30,32-38,40-42,44-55,57-59,61-64H2,1-2H3,(H,69,72)/b20-18-,31-27-,43-39-,60-56+. The molecule has 0 aromatic heterocycles. The first kappa shape index (κ1) is 71.8. The third kappa shape index (κ3) is 59.1. The smallest absolute Gasteiger partial charge is 0.305 e. The number of rotatable bonds is 61. The van der Waals surface area contributed by atoms with Gasteiger partial charge in [0.1, 0.15) is 0 Å². The molecule has 74 heavy (non-hydrogen) atoms. The van der Waals surface area contributed by atoms with Crippen LogP contribution in [0.15, 0.2) is 48.6 Å². The molecule has 1 amide bonds. The molecule has 6 nitrogen and oxygen atoms in total. The third-order valence-corrected chi connectivity index (χ3v) is 15.1. The predicted octanol–water partition coefficient (Wildman–Crippen LogP) is 20.9. The summed E-state index contributed by atoms with van der Waals surface area (Å²) in [5.74, 6) is -0.0985. The van der Waals surface area contributed by atoms with Gasteiger partial charge in [-0.15, -0.1) is 0 Å². The molecule has 6 heteroatoms. The molecule has 0 heterocycles. The maximum absolute atomic E-state index is 12.5. The van der Waals surface area contributed by atoms with Crippen LogP contribution in [0, 0.1) is 0 Å². The Morgan fingerprint density at radius 3 is 1.04 bits per heavy atom. The number of nitrogens with one attached hydrogen (secondary N) is 1. The van der Waals surface area contributed by atoms with E-state index in [1.165, 1.54) is 238 Å². The Morgan fingerprint density at radius 2 is 0.676 bits per heavy atom. The number of allylic oxidation sites excluding steroid dienone is 7. The average molecular weight is 1040 g/mol. The summed E-state index contributed by atoms with van der Waals surface area (Å²) < 4.78 is 5.47. The first-order valence-corrected chi connectivity index (χ1v) is 32.9. The van der Waals surface area contributed by atoms with Gasteiger partial charge in [0.2, 0.25) is 5.91 Å². The number of aliphatic hydroxyl groups is 2. The largest absolute Gasteiger partial charge is 0.466 e. The molecule has 0 aliphatic carbocycles. The summed E-state index contributed by atoms with van der Waals surface area (Å²) in [5.41, 5.74) is 0. The highest BCUT2D eigenvalue weighted by Gasteiger charge is 2.18. The van der Waals surface area contributed by atoms with Crippen LogP contribution in [0.25, 0.3) is 0 Å². The van der Waals surface area contributed by atoms with Crippen molar-refractivity contribution in [1.29, 1.82) is 0 Å². The zero-order chi connectivity index (χ0) is 53.6. The van der Waals surface area contributed by atoms with Gasteiger partial charge in [-0.2, -0.15) is 0 Å². The first-order chi connectivity index (χ1) is 36.5. The van der Waals surface area contributed by atoms with E-state index >= 15 is 0 Å². The van der Waals surface area contributed by atoms with Crippen LogP contribution in [0.2, 0.25) is 0 Å². The average Bonchev–Trinajstić information content (AvgIpc) is 3.40. The second-order valence-corrected chi connectivity index (χ2v) is 22.4. The van der Waals surface area contributed by atoms with Crippen molar-refractivity contribution < 1.29 is 24.5 Å². The van der Waals surface area contributed by atoms with Crippen LogP contribution < -0.4 is 5.32 Å². The lowest BCUT2D eigenvalue weighted by atomic mass is 10.0. The fraction of sp³-hybridized carbons (Fsp3) is 0.853. The molecule has 3 N–H and O–H groups in total. The SMILES string of the molecule is CCCCCCCC/C=C\CCCCCCCCCCCC(=O)OCCCCC/C=C\C/C=C\CCCCCCCCCC(=O)NC(CO)C(O)/C=C/CCCCCCCCCCCCCCCCCCCCC. The predicted molar refractivity (Wildman–Crippen MR) is 324 cm³/mol. The molecule has 2 unspecified atom stereocenters. The van der Waals surface area contributed by atoms with Gasteiger partial charge in [0.05, 0.1) is 25.4 Å². The molecule has 0 aliphatic heterocycles. The van der Waals surface area contributed by atoms with Crippen LogP contribution in [0.4, 0.5) is 0 Å². The molecule has 2 atom stereocenters. The first-order valence-electron chi connectivity index (χ1n) is 32.9. The van der Waals surface area contributed by atoms with Crippen LogP contribution in [-0.4, -0.2) is 47.4 Å². The Balaban J connectivity index is 3.51. The number of esters is 1. The van der Waals surface area contributed by atoms with E-state index in [1.807, 2.05) is 6.08 Å². The number of aliphatic hydroxyl groups excluding tert-OH is 2. The number of carbonyl (C=O) groups excluding carboxylic acids is 2. The second kappa shape index (κ2) is 63.4. The van der Waals surface area contributed by atoms with Crippen LogP contribution in [0.5, 0.6) is 0 Å². The van der Waals surface area contributed by atoms with Crippen molar-refractivity contribution in [3.05, 3.63) is 48.6 Å². The van der Waals surface area contributed by atoms with Crippen LogP contribution in [0.1, 0.15) is 348 Å². The highest BCUT2D eigenvalue weighted by atomic mass is 16.5. The Bertz CT molecular complexity index is 1240. The maximum atomic E-state index is 12.5. The van der Waals surface area contributed by atoms with Gasteiger partial charge in [-0.3, -0.25) is 9.59 Å². The summed E-state index contributed by atoms with van der Waals surface area (Å²) in [5, 5.41) is 23.2. The molecular weight excluding hydrogens is 911 g/mol. The van der Waals surface area contributed by atoms with E-state index in [0.29, 0.717) is 19.4 Å². The van der Waals surface area contributed by atoms with Gasteiger partial charge in [-0.25, -0.2) is 0 Å². The topological polar surface area (TPSA) is 95.9 Å². The molecule has 0 bridgehead atoms. The number of carbonyl (C=O) groups is 2. The number of ether oxygens (including phenoxy) is 1. The lowest BCUT2D eigenvalue weighted by molar-refractivity contribution is -0.143. The molecule has 0 aromatic carbocycles. The van der Waals surface area contributed by atoms with Gasteiger partial charge < -0.3 is 20.3 Å². The van der Waals surface area contributed by atoms with E-state index in [9.17, 15) is 19.8 Å². The molecule has 0 fully saturated rings. The zero-order valence-corrected chi connectivity index (χ0v) is 49.6. The van der Waals surface area contributed by atoms with Crippen LogP contribution >= 0.6 is 0 Å². The third-order valence-electron chi connectivity index (χ3n) is 15.1. The van der Waals surface area contributed by atoms with Crippen molar-refractivity contribution in [1.82, 2.24) is 5.32 Å². The minimum Gasteiger partial charge on any atom is -0.466 e. The number of unbranched alkanes of at least 4 members (excludes halogenated alkanes) is 44. The highest BCUT2D eigenvalue weighted by molar-refractivity contribution is 5.76. The van der Waals surface area contributed by atoms with Gasteiger partial charge in [-0.1, -0.05) is 287 Å². The molecule has 0 spiro atoms. The summed E-state index contributed by atoms with van der Waals surface area (Å²) in [6.07, 6.45) is 81.6. The van der Waals surface area contributed by atoms with E-state index in [-0.39, 0.29) is 18.5 Å². The van der Waals surface area contributed by atoms with Crippen molar-refractivity contribution in [2.45, 2.75) is 360 Å². The summed E-state index contributed by atoms with van der Waals surface area (Å²) in [4.78, 5) is 24.6. The zero-order valence-electron chi connectivity index (χ0n) is 49.6. The quantitative estimate of drug-likeness (QED) is 0.0320. The van der Waals surface area contributed by atoms with Crippen LogP contribution in [0.3, 0.4) is 0 Å². The summed E-state index contributed by atoms with van der Waals surface area (Å²) in [6, 6.07) is -0.642. The molecule has 0 saturated carbocycles. The highest BCUT2D eigenvalue weighted by Crippen LogP contribution is 2.17. The van der Waals surface area contributed by atoms with E-state index in [2.05, 4.69) is 55.6 Å². The van der Waals surface area contributed by atoms with Crippen molar-refractivity contribution >= 4 is 11.9 Å². The van der Waals surface area contributed by atoms with Gasteiger partial charge in [0, 0.05) is 12.8 Å². The fourth-order valence-electron chi connectivity index (χ4n) is 10.0. The van der Waals surface area contributed by atoms with Gasteiger partial charge in [-0.05, 0) is 96.3 Å². The molecule has 0 aliphatic rings. The Kier molecular flexibility index (Phi) is 61.5. The van der Waals surface area contributed by atoms with E-state index in [0.717, 1.165) is 83.5 Å². The number of amides is 1. The van der Waals surface area contributed by atoms with Gasteiger partial charge >= 0.3 is 5.97 Å². The molecule has 0 rings (SSSR count). The molecule has 0 radical (unpaired) electrons. The van der Waals surface area contributed by atoms with Crippen molar-refractivity contribution in [3.8, 4) is 0 Å². The molecule has 434 valence electrons. The van der Waals surface area contributed by atoms with E-state index in [1.54, 1.807) is 6.08 Å². The van der Waals surface area contributed by atoms with E-state index in [4.69, 9.17) is 4.74 Å². The Labute approximate surface area is 461 Å². The number of hydrogen-bond donors (Lipinski definition) is 3. The van der Waals surface area contributed by atoms with Crippen molar-refractivity contribution in [2.24, 2.45) is 0 Å². The Morgan fingerprint density at radius 1 is 0.378 bits per heavy atom. The lowest BCUT2D eigenvalue weighted by Gasteiger charge is -2.20.